The van der Waals surface area contributed by atoms with E-state index < -0.39 is 5.97 Å². The summed E-state index contributed by atoms with van der Waals surface area (Å²) in [5.41, 5.74) is 2.54. The molecule has 1 aromatic heterocycles. The van der Waals surface area contributed by atoms with E-state index in [9.17, 15) is 4.79 Å². The quantitative estimate of drug-likeness (QED) is 0.879. The molecule has 0 fully saturated rings. The SMILES string of the molecule is Cc1ccc(C#N)c(NCCc2cccc(C(=O)O)c2)n1. The molecule has 0 aliphatic carbocycles. The minimum atomic E-state index is -0.933. The maximum absolute atomic E-state index is 10.9. The molecule has 0 radical (unpaired) electrons. The number of carboxylic acid groups (broad SMARTS) is 1. The third-order valence-electron chi connectivity index (χ3n) is 3.03. The van der Waals surface area contributed by atoms with Gasteiger partial charge in [0.1, 0.15) is 11.9 Å². The third kappa shape index (κ3) is 3.80. The number of carbonyl (C=O) groups is 1. The second kappa shape index (κ2) is 6.53. The van der Waals surface area contributed by atoms with Crippen LogP contribution in [0.2, 0.25) is 0 Å². The highest BCUT2D eigenvalue weighted by molar-refractivity contribution is 5.87. The Balaban J connectivity index is 2.02. The molecule has 1 aromatic carbocycles. The van der Waals surface area contributed by atoms with Crippen molar-refractivity contribution in [3.63, 3.8) is 0 Å². The molecule has 0 aliphatic rings. The number of anilines is 1. The lowest BCUT2D eigenvalue weighted by atomic mass is 10.1. The van der Waals surface area contributed by atoms with Crippen LogP contribution in [-0.2, 0) is 6.42 Å². The number of aryl methyl sites for hydroxylation is 1. The zero-order valence-corrected chi connectivity index (χ0v) is 11.6. The highest BCUT2D eigenvalue weighted by Gasteiger charge is 2.05. The highest BCUT2D eigenvalue weighted by Crippen LogP contribution is 2.12. The van der Waals surface area contributed by atoms with Crippen molar-refractivity contribution < 1.29 is 9.90 Å². The lowest BCUT2D eigenvalue weighted by Gasteiger charge is -2.08. The van der Waals surface area contributed by atoms with Gasteiger partial charge in [-0.3, -0.25) is 0 Å². The van der Waals surface area contributed by atoms with Crippen LogP contribution in [0.1, 0.15) is 27.2 Å². The fourth-order valence-corrected chi connectivity index (χ4v) is 1.97. The van der Waals surface area contributed by atoms with Crippen LogP contribution < -0.4 is 5.32 Å². The van der Waals surface area contributed by atoms with Crippen molar-refractivity contribution in [1.29, 1.82) is 5.26 Å². The molecule has 1 heterocycles. The van der Waals surface area contributed by atoms with E-state index in [2.05, 4.69) is 16.4 Å². The van der Waals surface area contributed by atoms with Crippen molar-refractivity contribution in [3.8, 4) is 6.07 Å². The first-order valence-electron chi connectivity index (χ1n) is 6.54. The van der Waals surface area contributed by atoms with Gasteiger partial charge in [-0.2, -0.15) is 5.26 Å². The summed E-state index contributed by atoms with van der Waals surface area (Å²) in [4.78, 5) is 15.2. The Morgan fingerprint density at radius 3 is 2.90 bits per heavy atom. The van der Waals surface area contributed by atoms with Gasteiger partial charge in [-0.15, -0.1) is 0 Å². The maximum Gasteiger partial charge on any atom is 0.335 e. The number of pyridine rings is 1. The Kier molecular flexibility index (Phi) is 4.52. The predicted octanol–water partition coefficient (Wildman–Crippen LogP) is 2.61. The molecule has 0 bridgehead atoms. The van der Waals surface area contributed by atoms with Crippen LogP contribution in [0.4, 0.5) is 5.82 Å². The number of benzene rings is 1. The molecule has 0 atom stereocenters. The number of carboxylic acids is 1. The number of hydrogen-bond donors (Lipinski definition) is 2. The Bertz CT molecular complexity index is 705. The molecular formula is C16H15N3O2. The van der Waals surface area contributed by atoms with Crippen molar-refractivity contribution in [3.05, 3.63) is 58.8 Å². The van der Waals surface area contributed by atoms with Crippen LogP contribution >= 0.6 is 0 Å². The zero-order chi connectivity index (χ0) is 15.2. The fourth-order valence-electron chi connectivity index (χ4n) is 1.97. The summed E-state index contributed by atoms with van der Waals surface area (Å²) in [5, 5.41) is 21.1. The van der Waals surface area contributed by atoms with Crippen molar-refractivity contribution >= 4 is 11.8 Å². The summed E-state index contributed by atoms with van der Waals surface area (Å²) in [6, 6.07) is 12.4. The minimum absolute atomic E-state index is 0.277. The van der Waals surface area contributed by atoms with Gasteiger partial charge in [0.2, 0.25) is 0 Å². The van der Waals surface area contributed by atoms with E-state index in [1.807, 2.05) is 13.0 Å². The molecule has 2 N–H and O–H groups in total. The number of nitriles is 1. The largest absolute Gasteiger partial charge is 0.478 e. The van der Waals surface area contributed by atoms with Gasteiger partial charge in [-0.05, 0) is 43.2 Å². The summed E-state index contributed by atoms with van der Waals surface area (Å²) in [6.45, 7) is 2.44. The van der Waals surface area contributed by atoms with Crippen molar-refractivity contribution in [2.75, 3.05) is 11.9 Å². The lowest BCUT2D eigenvalue weighted by Crippen LogP contribution is -2.09. The summed E-state index contributed by atoms with van der Waals surface area (Å²) in [7, 11) is 0. The number of hydrogen-bond acceptors (Lipinski definition) is 4. The summed E-state index contributed by atoms with van der Waals surface area (Å²) >= 11 is 0. The molecule has 2 rings (SSSR count). The van der Waals surface area contributed by atoms with E-state index in [1.54, 1.807) is 30.3 Å². The number of aromatic nitrogens is 1. The molecule has 5 nitrogen and oxygen atoms in total. The van der Waals surface area contributed by atoms with Gasteiger partial charge >= 0.3 is 5.97 Å². The monoisotopic (exact) mass is 281 g/mol. The molecule has 0 saturated heterocycles. The zero-order valence-electron chi connectivity index (χ0n) is 11.6. The van der Waals surface area contributed by atoms with Crippen LogP contribution in [0.15, 0.2) is 36.4 Å². The normalized spacial score (nSPS) is 9.90. The first-order chi connectivity index (χ1) is 10.1. The van der Waals surface area contributed by atoms with Gasteiger partial charge < -0.3 is 10.4 Å². The lowest BCUT2D eigenvalue weighted by molar-refractivity contribution is 0.0696. The van der Waals surface area contributed by atoms with E-state index >= 15 is 0 Å². The average molecular weight is 281 g/mol. The number of nitrogens with one attached hydrogen (secondary N) is 1. The first-order valence-corrected chi connectivity index (χ1v) is 6.54. The standard InChI is InChI=1S/C16H15N3O2/c1-11-5-6-14(10-17)15(19-11)18-8-7-12-3-2-4-13(9-12)16(20)21/h2-6,9H,7-8H2,1H3,(H,18,19)(H,20,21). The molecule has 0 saturated carbocycles. The third-order valence-corrected chi connectivity index (χ3v) is 3.03. The number of nitrogens with zero attached hydrogens (tertiary/aromatic N) is 2. The van der Waals surface area contributed by atoms with Crippen LogP contribution in [0, 0.1) is 18.3 Å². The Morgan fingerprint density at radius 2 is 2.19 bits per heavy atom. The fraction of sp³-hybridized carbons (Fsp3) is 0.188. The second-order valence-electron chi connectivity index (χ2n) is 4.64. The van der Waals surface area contributed by atoms with E-state index in [1.165, 1.54) is 0 Å². The highest BCUT2D eigenvalue weighted by atomic mass is 16.4. The Hall–Kier alpha value is -2.87. The molecule has 21 heavy (non-hydrogen) atoms. The van der Waals surface area contributed by atoms with Crippen molar-refractivity contribution in [2.45, 2.75) is 13.3 Å². The van der Waals surface area contributed by atoms with Crippen LogP contribution in [-0.4, -0.2) is 22.6 Å². The van der Waals surface area contributed by atoms with Gasteiger partial charge in [0, 0.05) is 12.2 Å². The van der Waals surface area contributed by atoms with Crippen LogP contribution in [0.3, 0.4) is 0 Å². The molecule has 0 unspecified atom stereocenters. The van der Waals surface area contributed by atoms with Gasteiger partial charge in [-0.25, -0.2) is 9.78 Å². The average Bonchev–Trinajstić information content (AvgIpc) is 2.48. The predicted molar refractivity (Wildman–Crippen MR) is 79.3 cm³/mol. The summed E-state index contributed by atoms with van der Waals surface area (Å²) in [5.74, 6) is -0.371. The number of aromatic carboxylic acids is 1. The van der Waals surface area contributed by atoms with E-state index in [4.69, 9.17) is 10.4 Å². The molecule has 0 aliphatic heterocycles. The molecule has 106 valence electrons. The maximum atomic E-state index is 10.9. The van der Waals surface area contributed by atoms with E-state index in [0.29, 0.717) is 24.3 Å². The molecule has 0 spiro atoms. The topological polar surface area (TPSA) is 86.0 Å². The van der Waals surface area contributed by atoms with Gasteiger partial charge in [0.05, 0.1) is 11.1 Å². The Labute approximate surface area is 122 Å². The molecular weight excluding hydrogens is 266 g/mol. The van der Waals surface area contributed by atoms with Gasteiger partial charge in [-0.1, -0.05) is 12.1 Å². The molecule has 0 amide bonds. The second-order valence-corrected chi connectivity index (χ2v) is 4.64. The van der Waals surface area contributed by atoms with Crippen molar-refractivity contribution in [2.24, 2.45) is 0 Å². The summed E-state index contributed by atoms with van der Waals surface area (Å²) < 4.78 is 0. The van der Waals surface area contributed by atoms with Crippen molar-refractivity contribution in [1.82, 2.24) is 4.98 Å². The minimum Gasteiger partial charge on any atom is -0.478 e. The van der Waals surface area contributed by atoms with E-state index in [-0.39, 0.29) is 5.56 Å². The van der Waals surface area contributed by atoms with Gasteiger partial charge in [0.25, 0.3) is 0 Å². The first kappa shape index (κ1) is 14.5. The molecule has 2 aromatic rings. The van der Waals surface area contributed by atoms with Crippen LogP contribution in [0.5, 0.6) is 0 Å². The summed E-state index contributed by atoms with van der Waals surface area (Å²) in [6.07, 6.45) is 0.654. The smallest absolute Gasteiger partial charge is 0.335 e. The number of rotatable bonds is 5. The Morgan fingerprint density at radius 1 is 1.38 bits per heavy atom. The van der Waals surface area contributed by atoms with Crippen LogP contribution in [0.25, 0.3) is 0 Å². The molecule has 5 heteroatoms. The van der Waals surface area contributed by atoms with Gasteiger partial charge in [0.15, 0.2) is 0 Å². The van der Waals surface area contributed by atoms with E-state index in [0.717, 1.165) is 11.3 Å².